The highest BCUT2D eigenvalue weighted by Crippen LogP contribution is 2.35. The van der Waals surface area contributed by atoms with Crippen molar-refractivity contribution >= 4 is 22.9 Å². The Labute approximate surface area is 121 Å². The molecule has 1 fully saturated rings. The van der Waals surface area contributed by atoms with E-state index in [9.17, 15) is 10.1 Å². The first-order valence-electron chi connectivity index (χ1n) is 6.49. The van der Waals surface area contributed by atoms with Crippen molar-refractivity contribution in [1.82, 2.24) is 4.98 Å². The van der Waals surface area contributed by atoms with Gasteiger partial charge in [-0.15, -0.1) is 0 Å². The van der Waals surface area contributed by atoms with Gasteiger partial charge in [0.2, 0.25) is 0 Å². The highest BCUT2D eigenvalue weighted by atomic mass is 16.6. The lowest BCUT2D eigenvalue weighted by Crippen LogP contribution is -2.47. The van der Waals surface area contributed by atoms with Crippen LogP contribution in [0.25, 0.3) is 0 Å². The quantitative estimate of drug-likeness (QED) is 0.683. The van der Waals surface area contributed by atoms with Crippen molar-refractivity contribution in [2.75, 3.05) is 23.8 Å². The molecule has 0 bridgehead atoms. The first kappa shape index (κ1) is 13.3. The van der Waals surface area contributed by atoms with Gasteiger partial charge in [0, 0.05) is 6.07 Å². The summed E-state index contributed by atoms with van der Waals surface area (Å²) in [6.07, 6.45) is 1.54. The molecule has 0 unspecified atom stereocenters. The van der Waals surface area contributed by atoms with Gasteiger partial charge in [-0.2, -0.15) is 0 Å². The molecule has 2 N–H and O–H groups in total. The van der Waals surface area contributed by atoms with Crippen LogP contribution in [-0.2, 0) is 4.74 Å². The lowest BCUT2D eigenvalue weighted by molar-refractivity contribution is -0.384. The molecule has 1 saturated heterocycles. The number of benzene rings is 1. The van der Waals surface area contributed by atoms with Crippen molar-refractivity contribution in [1.29, 1.82) is 0 Å². The molecule has 1 aliphatic heterocycles. The Balaban J connectivity index is 2.08. The van der Waals surface area contributed by atoms with E-state index in [-0.39, 0.29) is 16.7 Å². The second-order valence-electron chi connectivity index (χ2n) is 4.76. The smallest absolute Gasteiger partial charge is 0.292 e. The van der Waals surface area contributed by atoms with Crippen LogP contribution in [0.1, 0.15) is 0 Å². The van der Waals surface area contributed by atoms with Crippen LogP contribution in [0, 0.1) is 10.1 Å². The Morgan fingerprint density at radius 3 is 2.62 bits per heavy atom. The second kappa shape index (κ2) is 5.37. The van der Waals surface area contributed by atoms with Gasteiger partial charge in [-0.05, 0) is 18.2 Å². The third-order valence-corrected chi connectivity index (χ3v) is 3.34. The average molecular weight is 286 g/mol. The van der Waals surface area contributed by atoms with E-state index >= 15 is 0 Å². The number of nitro groups is 1. The number of nitrogen functional groups attached to an aromatic ring is 1. The van der Waals surface area contributed by atoms with Crippen LogP contribution in [0.5, 0.6) is 0 Å². The topological polar surface area (TPSA) is 94.5 Å². The Bertz CT molecular complexity index is 656. The van der Waals surface area contributed by atoms with E-state index in [2.05, 4.69) is 4.98 Å². The van der Waals surface area contributed by atoms with Crippen LogP contribution in [0.4, 0.5) is 22.9 Å². The molecule has 0 amide bonds. The summed E-state index contributed by atoms with van der Waals surface area (Å²) in [6, 6.07) is 10.1. The summed E-state index contributed by atoms with van der Waals surface area (Å²) in [6.45, 7) is 1.02. The van der Waals surface area contributed by atoms with Crippen molar-refractivity contribution in [3.8, 4) is 0 Å². The maximum absolute atomic E-state index is 11.2. The number of hydrogen-bond donors (Lipinski definition) is 1. The molecular formula is C14H14N4O3. The monoisotopic (exact) mass is 286 g/mol. The normalized spacial score (nSPS) is 14.5. The van der Waals surface area contributed by atoms with E-state index in [0.717, 1.165) is 0 Å². The van der Waals surface area contributed by atoms with E-state index in [1.807, 2.05) is 4.90 Å². The maximum Gasteiger partial charge on any atom is 0.292 e. The summed E-state index contributed by atoms with van der Waals surface area (Å²) in [5, 5.41) is 11.2. The zero-order valence-corrected chi connectivity index (χ0v) is 11.2. The molecular weight excluding hydrogens is 272 g/mol. The van der Waals surface area contributed by atoms with E-state index in [4.69, 9.17) is 10.5 Å². The SMILES string of the molecule is Nc1ccc(N(c2ccccc2[N+](=O)[O-])C2COC2)nc1. The molecule has 108 valence electrons. The number of para-hydroxylation sites is 2. The molecule has 0 radical (unpaired) electrons. The van der Waals surface area contributed by atoms with Gasteiger partial charge in [-0.3, -0.25) is 10.1 Å². The summed E-state index contributed by atoms with van der Waals surface area (Å²) in [5.74, 6) is 0.617. The third-order valence-electron chi connectivity index (χ3n) is 3.34. The van der Waals surface area contributed by atoms with Gasteiger partial charge in [0.05, 0.1) is 36.1 Å². The number of nitrogens with zero attached hydrogens (tertiary/aromatic N) is 3. The summed E-state index contributed by atoms with van der Waals surface area (Å²) in [7, 11) is 0. The van der Waals surface area contributed by atoms with Gasteiger partial charge < -0.3 is 15.4 Å². The fourth-order valence-corrected chi connectivity index (χ4v) is 2.24. The first-order chi connectivity index (χ1) is 10.2. The predicted molar refractivity (Wildman–Crippen MR) is 78.5 cm³/mol. The zero-order valence-electron chi connectivity index (χ0n) is 11.2. The largest absolute Gasteiger partial charge is 0.397 e. The Morgan fingerprint density at radius 2 is 2.05 bits per heavy atom. The first-order valence-corrected chi connectivity index (χ1v) is 6.49. The van der Waals surface area contributed by atoms with Crippen molar-refractivity contribution in [3.05, 3.63) is 52.7 Å². The molecule has 0 saturated carbocycles. The number of anilines is 3. The number of pyridine rings is 1. The lowest BCUT2D eigenvalue weighted by Gasteiger charge is -2.37. The minimum atomic E-state index is -0.390. The van der Waals surface area contributed by atoms with Gasteiger partial charge in [-0.25, -0.2) is 4.98 Å². The summed E-state index contributed by atoms with van der Waals surface area (Å²) >= 11 is 0. The van der Waals surface area contributed by atoms with Gasteiger partial charge in [0.15, 0.2) is 0 Å². The van der Waals surface area contributed by atoms with Crippen molar-refractivity contribution in [2.24, 2.45) is 0 Å². The zero-order chi connectivity index (χ0) is 14.8. The Hall–Kier alpha value is -2.67. The van der Waals surface area contributed by atoms with Crippen LogP contribution in [-0.4, -0.2) is 29.2 Å². The van der Waals surface area contributed by atoms with Gasteiger partial charge in [-0.1, -0.05) is 12.1 Å². The van der Waals surface area contributed by atoms with Crippen LogP contribution in [0.2, 0.25) is 0 Å². The van der Waals surface area contributed by atoms with E-state index in [0.29, 0.717) is 30.4 Å². The highest BCUT2D eigenvalue weighted by Gasteiger charge is 2.32. The van der Waals surface area contributed by atoms with Crippen molar-refractivity contribution in [2.45, 2.75) is 6.04 Å². The molecule has 1 aliphatic rings. The van der Waals surface area contributed by atoms with Crippen molar-refractivity contribution < 1.29 is 9.66 Å². The summed E-state index contributed by atoms with van der Waals surface area (Å²) in [5.41, 5.74) is 6.75. The van der Waals surface area contributed by atoms with Crippen molar-refractivity contribution in [3.63, 3.8) is 0 Å². The van der Waals surface area contributed by atoms with E-state index < -0.39 is 0 Å². The number of hydrogen-bond acceptors (Lipinski definition) is 6. The predicted octanol–water partition coefficient (Wildman–Crippen LogP) is 2.11. The molecule has 0 atom stereocenters. The Morgan fingerprint density at radius 1 is 1.29 bits per heavy atom. The molecule has 0 spiro atoms. The number of nitrogens with two attached hydrogens (primary N) is 1. The Kier molecular flexibility index (Phi) is 3.41. The third kappa shape index (κ3) is 2.50. The van der Waals surface area contributed by atoms with E-state index in [1.54, 1.807) is 30.3 Å². The molecule has 21 heavy (non-hydrogen) atoms. The maximum atomic E-state index is 11.2. The number of ether oxygens (including phenoxy) is 1. The van der Waals surface area contributed by atoms with Crippen LogP contribution in [0.3, 0.4) is 0 Å². The summed E-state index contributed by atoms with van der Waals surface area (Å²) < 4.78 is 5.22. The molecule has 3 rings (SSSR count). The average Bonchev–Trinajstić information content (AvgIpc) is 2.44. The van der Waals surface area contributed by atoms with Gasteiger partial charge in [0.1, 0.15) is 11.5 Å². The molecule has 7 nitrogen and oxygen atoms in total. The van der Waals surface area contributed by atoms with E-state index in [1.165, 1.54) is 12.3 Å². The molecule has 2 aromatic rings. The standard InChI is InChI=1S/C14H14N4O3/c15-10-5-6-14(16-7-10)17(11-8-21-9-11)12-3-1-2-4-13(12)18(19)20/h1-7,11H,8-9,15H2. The fraction of sp³-hybridized carbons (Fsp3) is 0.214. The second-order valence-corrected chi connectivity index (χ2v) is 4.76. The minimum absolute atomic E-state index is 0.0298. The number of nitro benzene ring substituents is 1. The number of aromatic nitrogens is 1. The molecule has 7 heteroatoms. The lowest BCUT2D eigenvalue weighted by atomic mass is 10.1. The van der Waals surface area contributed by atoms with Gasteiger partial charge >= 0.3 is 0 Å². The minimum Gasteiger partial charge on any atom is -0.397 e. The number of rotatable bonds is 4. The molecule has 2 heterocycles. The van der Waals surface area contributed by atoms with Crippen LogP contribution < -0.4 is 10.6 Å². The fourth-order valence-electron chi connectivity index (χ4n) is 2.24. The molecule has 1 aromatic carbocycles. The highest BCUT2D eigenvalue weighted by molar-refractivity contribution is 5.71. The van der Waals surface area contributed by atoms with Crippen LogP contribution >= 0.6 is 0 Å². The molecule has 1 aromatic heterocycles. The van der Waals surface area contributed by atoms with Gasteiger partial charge in [0.25, 0.3) is 5.69 Å². The van der Waals surface area contributed by atoms with Crippen LogP contribution in [0.15, 0.2) is 42.6 Å². The molecule has 0 aliphatic carbocycles. The summed E-state index contributed by atoms with van der Waals surface area (Å²) in [4.78, 5) is 17.0.